The van der Waals surface area contributed by atoms with Crippen molar-refractivity contribution in [1.82, 2.24) is 5.32 Å². The van der Waals surface area contributed by atoms with Crippen LogP contribution in [0.5, 0.6) is 0 Å². The van der Waals surface area contributed by atoms with Crippen LogP contribution in [0.25, 0.3) is 0 Å². The van der Waals surface area contributed by atoms with Gasteiger partial charge < -0.3 is 5.32 Å². The van der Waals surface area contributed by atoms with Crippen molar-refractivity contribution in [3.8, 4) is 0 Å². The SMILES string of the molecule is CCc1ccc(C(Cc2ccc(F)cc2F)NC)cc1. The third-order valence-corrected chi connectivity index (χ3v) is 3.58. The van der Waals surface area contributed by atoms with E-state index in [1.807, 2.05) is 7.05 Å². The van der Waals surface area contributed by atoms with Gasteiger partial charge in [-0.1, -0.05) is 37.3 Å². The van der Waals surface area contributed by atoms with Crippen molar-refractivity contribution in [2.75, 3.05) is 7.05 Å². The van der Waals surface area contributed by atoms with E-state index < -0.39 is 11.6 Å². The van der Waals surface area contributed by atoms with Gasteiger partial charge in [-0.15, -0.1) is 0 Å². The first-order valence-electron chi connectivity index (χ1n) is 6.84. The molecule has 0 bridgehead atoms. The standard InChI is InChI=1S/C17H19F2N/c1-3-12-4-6-13(7-5-12)17(20-2)10-14-8-9-15(18)11-16(14)19/h4-9,11,17,20H,3,10H2,1-2H3. The summed E-state index contributed by atoms with van der Waals surface area (Å²) in [5, 5.41) is 3.19. The van der Waals surface area contributed by atoms with Gasteiger partial charge >= 0.3 is 0 Å². The fraction of sp³-hybridized carbons (Fsp3) is 0.294. The number of hydrogen-bond acceptors (Lipinski definition) is 1. The molecule has 1 atom stereocenters. The first-order chi connectivity index (χ1) is 9.63. The minimum absolute atomic E-state index is 0.0147. The summed E-state index contributed by atoms with van der Waals surface area (Å²) < 4.78 is 26.6. The molecule has 0 aliphatic carbocycles. The molecule has 0 saturated heterocycles. The Hall–Kier alpha value is -1.74. The van der Waals surface area contributed by atoms with Crippen molar-refractivity contribution in [3.05, 3.63) is 70.8 Å². The van der Waals surface area contributed by atoms with Crippen LogP contribution in [-0.4, -0.2) is 7.05 Å². The van der Waals surface area contributed by atoms with Crippen LogP contribution in [0.1, 0.15) is 29.7 Å². The van der Waals surface area contributed by atoms with Gasteiger partial charge in [0.05, 0.1) is 0 Å². The number of rotatable bonds is 5. The Balaban J connectivity index is 2.19. The maximum atomic E-state index is 13.7. The molecule has 2 rings (SSSR count). The highest BCUT2D eigenvalue weighted by Crippen LogP contribution is 2.21. The molecule has 0 amide bonds. The van der Waals surface area contributed by atoms with Gasteiger partial charge in [-0.3, -0.25) is 0 Å². The number of aryl methyl sites for hydroxylation is 1. The van der Waals surface area contributed by atoms with Gasteiger partial charge in [0.1, 0.15) is 11.6 Å². The summed E-state index contributed by atoms with van der Waals surface area (Å²) in [6, 6.07) is 12.0. The lowest BCUT2D eigenvalue weighted by Gasteiger charge is -2.17. The van der Waals surface area contributed by atoms with Crippen LogP contribution in [0.15, 0.2) is 42.5 Å². The fourth-order valence-corrected chi connectivity index (χ4v) is 2.28. The molecular weight excluding hydrogens is 256 g/mol. The minimum Gasteiger partial charge on any atom is -0.313 e. The molecule has 0 heterocycles. The Morgan fingerprint density at radius 1 is 1.05 bits per heavy atom. The van der Waals surface area contributed by atoms with Gasteiger partial charge in [-0.25, -0.2) is 8.78 Å². The van der Waals surface area contributed by atoms with Crippen LogP contribution in [0.4, 0.5) is 8.78 Å². The summed E-state index contributed by atoms with van der Waals surface area (Å²) >= 11 is 0. The summed E-state index contributed by atoms with van der Waals surface area (Å²) in [7, 11) is 1.85. The Labute approximate surface area is 118 Å². The monoisotopic (exact) mass is 275 g/mol. The lowest BCUT2D eigenvalue weighted by molar-refractivity contribution is 0.540. The average molecular weight is 275 g/mol. The third kappa shape index (κ3) is 3.42. The smallest absolute Gasteiger partial charge is 0.129 e. The van der Waals surface area contributed by atoms with Crippen LogP contribution >= 0.6 is 0 Å². The fourth-order valence-electron chi connectivity index (χ4n) is 2.28. The summed E-state index contributed by atoms with van der Waals surface area (Å²) in [4.78, 5) is 0. The van der Waals surface area contributed by atoms with Crippen LogP contribution in [0.3, 0.4) is 0 Å². The highest BCUT2D eigenvalue weighted by molar-refractivity contribution is 5.28. The topological polar surface area (TPSA) is 12.0 Å². The van der Waals surface area contributed by atoms with E-state index in [-0.39, 0.29) is 6.04 Å². The molecule has 0 saturated carbocycles. The molecule has 1 nitrogen and oxygen atoms in total. The minimum atomic E-state index is -0.542. The van der Waals surface area contributed by atoms with Crippen molar-refractivity contribution in [1.29, 1.82) is 0 Å². The second-order valence-corrected chi connectivity index (χ2v) is 4.88. The molecule has 3 heteroatoms. The highest BCUT2D eigenvalue weighted by Gasteiger charge is 2.13. The molecular formula is C17H19F2N. The van der Waals surface area contributed by atoms with Crippen molar-refractivity contribution >= 4 is 0 Å². The number of hydrogen-bond donors (Lipinski definition) is 1. The van der Waals surface area contributed by atoms with E-state index in [1.165, 1.54) is 17.7 Å². The zero-order chi connectivity index (χ0) is 14.5. The molecule has 20 heavy (non-hydrogen) atoms. The number of nitrogens with one attached hydrogen (secondary N) is 1. The van der Waals surface area contributed by atoms with Crippen molar-refractivity contribution in [2.24, 2.45) is 0 Å². The molecule has 106 valence electrons. The summed E-state index contributed by atoms with van der Waals surface area (Å²) in [6.45, 7) is 2.11. The van der Waals surface area contributed by atoms with Crippen LogP contribution in [0.2, 0.25) is 0 Å². The van der Waals surface area contributed by atoms with E-state index in [2.05, 4.69) is 36.5 Å². The van der Waals surface area contributed by atoms with Gasteiger partial charge in [0.15, 0.2) is 0 Å². The van der Waals surface area contributed by atoms with Gasteiger partial charge in [0.25, 0.3) is 0 Å². The Bertz CT molecular complexity index is 564. The molecule has 0 aliphatic heterocycles. The molecule has 0 fully saturated rings. The quantitative estimate of drug-likeness (QED) is 0.868. The van der Waals surface area contributed by atoms with Gasteiger partial charge in [-0.2, -0.15) is 0 Å². The van der Waals surface area contributed by atoms with E-state index >= 15 is 0 Å². The van der Waals surface area contributed by atoms with Gasteiger partial charge in [0, 0.05) is 12.1 Å². The Kier molecular flexibility index (Phi) is 4.85. The molecule has 0 aromatic heterocycles. The second-order valence-electron chi connectivity index (χ2n) is 4.88. The molecule has 0 aliphatic rings. The number of likely N-dealkylation sites (N-methyl/N-ethyl adjacent to an activating group) is 1. The normalized spacial score (nSPS) is 12.4. The second kappa shape index (κ2) is 6.62. The Morgan fingerprint density at radius 3 is 2.30 bits per heavy atom. The van der Waals surface area contributed by atoms with E-state index in [1.54, 1.807) is 0 Å². The lowest BCUT2D eigenvalue weighted by Crippen LogP contribution is -2.19. The zero-order valence-electron chi connectivity index (χ0n) is 11.8. The summed E-state index contributed by atoms with van der Waals surface area (Å²) in [6.07, 6.45) is 1.49. The van der Waals surface area contributed by atoms with Crippen LogP contribution < -0.4 is 5.32 Å². The van der Waals surface area contributed by atoms with E-state index in [4.69, 9.17) is 0 Å². The van der Waals surface area contributed by atoms with Crippen LogP contribution in [-0.2, 0) is 12.8 Å². The van der Waals surface area contributed by atoms with E-state index in [0.717, 1.165) is 18.1 Å². The largest absolute Gasteiger partial charge is 0.313 e. The van der Waals surface area contributed by atoms with Crippen LogP contribution in [0, 0.1) is 11.6 Å². The number of halogens is 2. The number of benzene rings is 2. The van der Waals surface area contributed by atoms with E-state index in [9.17, 15) is 8.78 Å². The first kappa shape index (κ1) is 14.7. The molecule has 0 spiro atoms. The summed E-state index contributed by atoms with van der Waals surface area (Å²) in [5.74, 6) is -1.03. The predicted molar refractivity (Wildman–Crippen MR) is 77.7 cm³/mol. The van der Waals surface area contributed by atoms with Gasteiger partial charge in [0.2, 0.25) is 0 Å². The maximum absolute atomic E-state index is 13.7. The average Bonchev–Trinajstić information content (AvgIpc) is 2.47. The Morgan fingerprint density at radius 2 is 1.75 bits per heavy atom. The molecule has 1 unspecified atom stereocenters. The first-order valence-corrected chi connectivity index (χ1v) is 6.84. The van der Waals surface area contributed by atoms with Crippen molar-refractivity contribution in [3.63, 3.8) is 0 Å². The molecule has 1 N–H and O–H groups in total. The molecule has 0 radical (unpaired) electrons. The zero-order valence-corrected chi connectivity index (χ0v) is 11.8. The highest BCUT2D eigenvalue weighted by atomic mass is 19.1. The van der Waals surface area contributed by atoms with Crippen molar-refractivity contribution < 1.29 is 8.78 Å². The summed E-state index contributed by atoms with van der Waals surface area (Å²) in [5.41, 5.74) is 2.90. The predicted octanol–water partition coefficient (Wildman–Crippen LogP) is 4.03. The van der Waals surface area contributed by atoms with Crippen molar-refractivity contribution in [2.45, 2.75) is 25.8 Å². The third-order valence-electron chi connectivity index (χ3n) is 3.58. The lowest BCUT2D eigenvalue weighted by atomic mass is 9.97. The molecule has 2 aromatic carbocycles. The molecule has 2 aromatic rings. The van der Waals surface area contributed by atoms with Gasteiger partial charge in [-0.05, 0) is 42.6 Å². The van der Waals surface area contributed by atoms with E-state index in [0.29, 0.717) is 12.0 Å². The maximum Gasteiger partial charge on any atom is 0.129 e.